The maximum atomic E-state index is 11.8. The number of carbonyl (C=O) groups is 1. The number of aliphatic hydroxyl groups is 1. The van der Waals surface area contributed by atoms with E-state index in [0.717, 1.165) is 25.7 Å². The van der Waals surface area contributed by atoms with Crippen molar-refractivity contribution >= 4 is 5.91 Å². The summed E-state index contributed by atoms with van der Waals surface area (Å²) in [7, 11) is 0. The summed E-state index contributed by atoms with van der Waals surface area (Å²) in [4.78, 5) is 11.5. The van der Waals surface area contributed by atoms with E-state index in [9.17, 15) is 18.7 Å². The molecule has 0 aliphatic heterocycles. The average molecular weight is 279 g/mol. The Morgan fingerprint density at radius 3 is 2.63 bits per heavy atom. The van der Waals surface area contributed by atoms with E-state index in [1.54, 1.807) is 0 Å². The number of rotatable bonds is 8. The van der Waals surface area contributed by atoms with E-state index in [-0.39, 0.29) is 31.5 Å². The second-order valence-electron chi connectivity index (χ2n) is 5.01. The zero-order chi connectivity index (χ0) is 14.1. The van der Waals surface area contributed by atoms with E-state index in [2.05, 4.69) is 10.1 Å². The molecule has 1 amide bonds. The molecule has 2 N–H and O–H groups in total. The lowest BCUT2D eigenvalue weighted by Gasteiger charge is -2.30. The van der Waals surface area contributed by atoms with Crippen LogP contribution in [0.2, 0.25) is 0 Å². The highest BCUT2D eigenvalue weighted by atomic mass is 19.3. The molecule has 1 rings (SSSR count). The molecule has 0 spiro atoms. The Balaban J connectivity index is 2.11. The van der Waals surface area contributed by atoms with Gasteiger partial charge in [0, 0.05) is 19.6 Å². The molecule has 0 aromatic heterocycles. The first-order chi connectivity index (χ1) is 9.13. The van der Waals surface area contributed by atoms with E-state index in [1.807, 2.05) is 0 Å². The molecule has 4 nitrogen and oxygen atoms in total. The van der Waals surface area contributed by atoms with Crippen LogP contribution in [-0.2, 0) is 9.53 Å². The van der Waals surface area contributed by atoms with Gasteiger partial charge in [0.2, 0.25) is 5.91 Å². The van der Waals surface area contributed by atoms with Gasteiger partial charge < -0.3 is 15.2 Å². The van der Waals surface area contributed by atoms with Crippen molar-refractivity contribution in [2.75, 3.05) is 26.4 Å². The summed E-state index contributed by atoms with van der Waals surface area (Å²) in [5.41, 5.74) is 0. The van der Waals surface area contributed by atoms with Crippen molar-refractivity contribution in [1.29, 1.82) is 0 Å². The van der Waals surface area contributed by atoms with Crippen molar-refractivity contribution in [3.63, 3.8) is 0 Å². The molecular formula is C13H23F2NO3. The zero-order valence-electron chi connectivity index (χ0n) is 11.1. The Bertz CT molecular complexity index is 264. The van der Waals surface area contributed by atoms with Crippen LogP contribution in [0.3, 0.4) is 0 Å². The molecule has 19 heavy (non-hydrogen) atoms. The Kier molecular flexibility index (Phi) is 7.90. The third-order valence-corrected chi connectivity index (χ3v) is 3.58. The molecule has 112 valence electrons. The smallest absolute Gasteiger partial charge is 0.261 e. The van der Waals surface area contributed by atoms with Crippen molar-refractivity contribution < 1.29 is 23.4 Å². The SMILES string of the molecule is O=C(CCOCC(F)F)NCC1CCCCC1CO. The molecule has 1 fully saturated rings. The molecule has 0 radical (unpaired) electrons. The first-order valence-electron chi connectivity index (χ1n) is 6.87. The Morgan fingerprint density at radius 1 is 1.32 bits per heavy atom. The van der Waals surface area contributed by atoms with Crippen LogP contribution in [0, 0.1) is 11.8 Å². The molecule has 6 heteroatoms. The van der Waals surface area contributed by atoms with Gasteiger partial charge in [-0.3, -0.25) is 4.79 Å². The number of alkyl halides is 2. The number of aliphatic hydroxyl groups excluding tert-OH is 1. The van der Waals surface area contributed by atoms with Crippen LogP contribution in [0.1, 0.15) is 32.1 Å². The number of nitrogens with one attached hydrogen (secondary N) is 1. The van der Waals surface area contributed by atoms with Gasteiger partial charge in [0.15, 0.2) is 0 Å². The van der Waals surface area contributed by atoms with Gasteiger partial charge in [-0.25, -0.2) is 8.78 Å². The summed E-state index contributed by atoms with van der Waals surface area (Å²) in [6.07, 6.45) is 1.91. The highest BCUT2D eigenvalue weighted by Crippen LogP contribution is 2.28. The molecule has 1 aliphatic rings. The molecule has 0 heterocycles. The van der Waals surface area contributed by atoms with Gasteiger partial charge in [0.1, 0.15) is 6.61 Å². The molecule has 0 aromatic carbocycles. The highest BCUT2D eigenvalue weighted by molar-refractivity contribution is 5.75. The number of hydrogen-bond donors (Lipinski definition) is 2. The number of hydrogen-bond acceptors (Lipinski definition) is 3. The minimum Gasteiger partial charge on any atom is -0.396 e. The summed E-state index contributed by atoms with van der Waals surface area (Å²) in [5, 5.41) is 12.0. The zero-order valence-corrected chi connectivity index (χ0v) is 11.1. The van der Waals surface area contributed by atoms with Gasteiger partial charge >= 0.3 is 0 Å². The summed E-state index contributed by atoms with van der Waals surface area (Å²) in [6.45, 7) is 0.115. The quantitative estimate of drug-likeness (QED) is 0.663. The second kappa shape index (κ2) is 9.20. The van der Waals surface area contributed by atoms with Crippen molar-refractivity contribution in [1.82, 2.24) is 5.32 Å². The van der Waals surface area contributed by atoms with Crippen LogP contribution in [0.4, 0.5) is 8.78 Å². The van der Waals surface area contributed by atoms with Crippen molar-refractivity contribution in [2.45, 2.75) is 38.5 Å². The third kappa shape index (κ3) is 6.82. The van der Waals surface area contributed by atoms with Crippen LogP contribution in [0.5, 0.6) is 0 Å². The maximum absolute atomic E-state index is 11.8. The van der Waals surface area contributed by atoms with Crippen LogP contribution in [0.15, 0.2) is 0 Å². The predicted octanol–water partition coefficient (Wildman–Crippen LogP) is 1.57. The van der Waals surface area contributed by atoms with Crippen molar-refractivity contribution in [2.24, 2.45) is 11.8 Å². The lowest BCUT2D eigenvalue weighted by Crippen LogP contribution is -2.35. The molecule has 0 saturated heterocycles. The van der Waals surface area contributed by atoms with Gasteiger partial charge in [0.25, 0.3) is 6.43 Å². The largest absolute Gasteiger partial charge is 0.396 e. The molecule has 1 saturated carbocycles. The minimum atomic E-state index is -2.49. The van der Waals surface area contributed by atoms with Gasteiger partial charge in [-0.1, -0.05) is 12.8 Å². The first-order valence-corrected chi connectivity index (χ1v) is 6.87. The summed E-state index contributed by atoms with van der Waals surface area (Å²) in [5.74, 6) is 0.408. The van der Waals surface area contributed by atoms with Crippen molar-refractivity contribution in [3.8, 4) is 0 Å². The lowest BCUT2D eigenvalue weighted by atomic mass is 9.79. The Labute approximate surface area is 112 Å². The minimum absolute atomic E-state index is 0.0181. The topological polar surface area (TPSA) is 58.6 Å². The maximum Gasteiger partial charge on any atom is 0.261 e. The Hall–Kier alpha value is -0.750. The van der Waals surface area contributed by atoms with Gasteiger partial charge in [-0.15, -0.1) is 0 Å². The number of ether oxygens (including phenoxy) is 1. The van der Waals surface area contributed by atoms with Gasteiger partial charge in [0.05, 0.1) is 6.61 Å². The lowest BCUT2D eigenvalue weighted by molar-refractivity contribution is -0.123. The van der Waals surface area contributed by atoms with E-state index >= 15 is 0 Å². The monoisotopic (exact) mass is 279 g/mol. The average Bonchev–Trinajstić information content (AvgIpc) is 2.41. The van der Waals surface area contributed by atoms with Crippen LogP contribution in [-0.4, -0.2) is 43.8 Å². The van der Waals surface area contributed by atoms with E-state index in [4.69, 9.17) is 0 Å². The van der Waals surface area contributed by atoms with Gasteiger partial charge in [-0.2, -0.15) is 0 Å². The molecule has 0 bridgehead atoms. The molecule has 0 aromatic rings. The Morgan fingerprint density at radius 2 is 2.00 bits per heavy atom. The molecule has 2 unspecified atom stereocenters. The highest BCUT2D eigenvalue weighted by Gasteiger charge is 2.24. The number of carbonyl (C=O) groups excluding carboxylic acids is 1. The van der Waals surface area contributed by atoms with Crippen molar-refractivity contribution in [3.05, 3.63) is 0 Å². The van der Waals surface area contributed by atoms with Crippen LogP contribution >= 0.6 is 0 Å². The first kappa shape index (κ1) is 16.3. The predicted molar refractivity (Wildman–Crippen MR) is 67.0 cm³/mol. The van der Waals surface area contributed by atoms with Crippen LogP contribution < -0.4 is 5.32 Å². The van der Waals surface area contributed by atoms with E-state index < -0.39 is 13.0 Å². The van der Waals surface area contributed by atoms with Crippen LogP contribution in [0.25, 0.3) is 0 Å². The molecule has 2 atom stereocenters. The third-order valence-electron chi connectivity index (χ3n) is 3.58. The van der Waals surface area contributed by atoms with E-state index in [1.165, 1.54) is 0 Å². The standard InChI is InChI=1S/C13H23F2NO3/c14-12(15)9-19-6-5-13(18)16-7-10-3-1-2-4-11(10)8-17/h10-12,17H,1-9H2,(H,16,18). The summed E-state index contributed by atoms with van der Waals surface area (Å²) < 4.78 is 28.2. The molecular weight excluding hydrogens is 256 g/mol. The van der Waals surface area contributed by atoms with E-state index in [0.29, 0.717) is 12.5 Å². The van der Waals surface area contributed by atoms with Gasteiger partial charge in [-0.05, 0) is 24.7 Å². The fourth-order valence-corrected chi connectivity index (χ4v) is 2.46. The number of halogens is 2. The normalized spacial score (nSPS) is 23.6. The number of amides is 1. The fourth-order valence-electron chi connectivity index (χ4n) is 2.46. The summed E-state index contributed by atoms with van der Waals surface area (Å²) in [6, 6.07) is 0. The summed E-state index contributed by atoms with van der Waals surface area (Å²) >= 11 is 0. The fraction of sp³-hybridized carbons (Fsp3) is 0.923. The second-order valence-corrected chi connectivity index (χ2v) is 5.01. The molecule has 1 aliphatic carbocycles.